The molecule has 9 nitrogen and oxygen atoms in total. The Morgan fingerprint density at radius 1 is 0.769 bits per heavy atom. The number of benzene rings is 1. The van der Waals surface area contributed by atoms with Gasteiger partial charge in [0.1, 0.15) is 6.04 Å². The van der Waals surface area contributed by atoms with Crippen LogP contribution in [0.25, 0.3) is 0 Å². The number of carboxylic acids is 1. The number of carboxylic acid groups (broad SMARTS) is 1. The van der Waals surface area contributed by atoms with E-state index in [1.54, 1.807) is 13.0 Å². The van der Waals surface area contributed by atoms with Gasteiger partial charge >= 0.3 is 23.9 Å². The third-order valence-electron chi connectivity index (χ3n) is 7.12. The van der Waals surface area contributed by atoms with Gasteiger partial charge in [-0.05, 0) is 48.8 Å². The molecule has 9 heteroatoms. The molecule has 0 aliphatic rings. The number of ether oxygens (including phenoxy) is 3. The molecule has 0 saturated carbocycles. The van der Waals surface area contributed by atoms with Crippen LogP contribution in [0, 0.1) is 17.8 Å². The van der Waals surface area contributed by atoms with Crippen molar-refractivity contribution in [1.82, 2.24) is 0 Å². The minimum Gasteiger partial charge on any atom is -0.480 e. The lowest BCUT2D eigenvalue weighted by Gasteiger charge is -2.26. The molecule has 0 aliphatic heterocycles. The molecule has 6 atom stereocenters. The number of aliphatic carboxylic acids is 1. The summed E-state index contributed by atoms with van der Waals surface area (Å²) in [5.74, 6) is -2.84. The normalized spacial score (nSPS) is 15.8. The molecule has 0 amide bonds. The maximum atomic E-state index is 12.6. The summed E-state index contributed by atoms with van der Waals surface area (Å²) in [5, 5.41) is 9.69. The second kappa shape index (κ2) is 16.9. The van der Waals surface area contributed by atoms with Crippen molar-refractivity contribution >= 4 is 23.9 Å². The van der Waals surface area contributed by atoms with Gasteiger partial charge < -0.3 is 25.1 Å². The highest BCUT2D eigenvalue weighted by atomic mass is 16.6. The molecule has 0 bridgehead atoms. The Balaban J connectivity index is 3.32. The maximum absolute atomic E-state index is 12.6. The first-order valence-corrected chi connectivity index (χ1v) is 14.0. The second-order valence-electron chi connectivity index (χ2n) is 10.8. The summed E-state index contributed by atoms with van der Waals surface area (Å²) < 4.78 is 16.7. The highest BCUT2D eigenvalue weighted by Gasteiger charge is 2.30. The van der Waals surface area contributed by atoms with Gasteiger partial charge in [-0.15, -0.1) is 0 Å². The van der Waals surface area contributed by atoms with Crippen LogP contribution in [0.15, 0.2) is 18.2 Å². The van der Waals surface area contributed by atoms with Gasteiger partial charge in [0.2, 0.25) is 0 Å². The first-order chi connectivity index (χ1) is 18.3. The Hall–Kier alpha value is -2.94. The molecule has 0 fully saturated rings. The first kappa shape index (κ1) is 34.1. The molecule has 0 aromatic heterocycles. The number of hydrogen-bond acceptors (Lipinski definition) is 8. The minimum absolute atomic E-state index is 0.0160. The van der Waals surface area contributed by atoms with Gasteiger partial charge in [-0.1, -0.05) is 66.9 Å². The van der Waals surface area contributed by atoms with E-state index in [1.807, 2.05) is 41.5 Å². The first-order valence-electron chi connectivity index (χ1n) is 14.0. The van der Waals surface area contributed by atoms with Gasteiger partial charge in [0.05, 0.1) is 6.10 Å². The summed E-state index contributed by atoms with van der Waals surface area (Å²) in [4.78, 5) is 49.3. The zero-order chi connectivity index (χ0) is 29.7. The quantitative estimate of drug-likeness (QED) is 0.187. The van der Waals surface area contributed by atoms with E-state index >= 15 is 0 Å². The molecular formula is C30H47NO8. The van der Waals surface area contributed by atoms with Crippen molar-refractivity contribution in [3.8, 4) is 11.5 Å². The number of carbonyl (C=O) groups is 4. The van der Waals surface area contributed by atoms with Crippen molar-refractivity contribution in [3.05, 3.63) is 23.8 Å². The predicted molar refractivity (Wildman–Crippen MR) is 148 cm³/mol. The Kier molecular flexibility index (Phi) is 14.8. The lowest BCUT2D eigenvalue weighted by atomic mass is 9.87. The fourth-order valence-electron chi connectivity index (χ4n) is 3.87. The van der Waals surface area contributed by atoms with E-state index in [4.69, 9.17) is 19.9 Å². The summed E-state index contributed by atoms with van der Waals surface area (Å²) in [5.41, 5.74) is 6.53. The fourth-order valence-corrected chi connectivity index (χ4v) is 3.87. The van der Waals surface area contributed by atoms with Gasteiger partial charge in [0.25, 0.3) is 0 Å². The summed E-state index contributed by atoms with van der Waals surface area (Å²) in [6.07, 6.45) is 2.59. The van der Waals surface area contributed by atoms with Crippen LogP contribution in [0.5, 0.6) is 11.5 Å². The van der Waals surface area contributed by atoms with E-state index in [0.29, 0.717) is 5.56 Å². The topological polar surface area (TPSA) is 142 Å². The molecule has 0 spiro atoms. The van der Waals surface area contributed by atoms with Crippen LogP contribution in [0.1, 0.15) is 105 Å². The fraction of sp³-hybridized carbons (Fsp3) is 0.667. The summed E-state index contributed by atoms with van der Waals surface area (Å²) in [6, 6.07) is 3.25. The van der Waals surface area contributed by atoms with E-state index in [0.717, 1.165) is 19.3 Å². The average molecular weight is 550 g/mol. The molecule has 0 heterocycles. The molecule has 3 N–H and O–H groups in total. The number of esters is 3. The van der Waals surface area contributed by atoms with Crippen LogP contribution in [0.4, 0.5) is 0 Å². The number of rotatable bonds is 17. The van der Waals surface area contributed by atoms with Crippen LogP contribution >= 0.6 is 0 Å². The van der Waals surface area contributed by atoms with Gasteiger partial charge in [-0.25, -0.2) is 0 Å². The van der Waals surface area contributed by atoms with E-state index < -0.39 is 36.0 Å². The second-order valence-corrected chi connectivity index (χ2v) is 10.8. The molecule has 1 aromatic carbocycles. The zero-order valence-electron chi connectivity index (χ0n) is 24.5. The Labute approximate surface area is 232 Å². The van der Waals surface area contributed by atoms with Crippen LogP contribution < -0.4 is 15.2 Å². The summed E-state index contributed by atoms with van der Waals surface area (Å²) in [7, 11) is 0. The van der Waals surface area contributed by atoms with E-state index in [2.05, 4.69) is 0 Å². The van der Waals surface area contributed by atoms with Gasteiger partial charge in [-0.2, -0.15) is 0 Å². The van der Waals surface area contributed by atoms with Crippen molar-refractivity contribution in [2.24, 2.45) is 23.5 Å². The number of hydrogen-bond donors (Lipinski definition) is 2. The van der Waals surface area contributed by atoms with Crippen LogP contribution in [0.2, 0.25) is 0 Å². The standard InChI is InChI=1S/C30H47NO8/c1-8-18(4)13-26(32)37-21(7)16-23(29(31)30(35)36)22-11-12-24(38-27(33)14-19(5)9-2)25(17-22)39-28(34)15-20(6)10-3/h11-12,17-21,23,29H,8-10,13-16,31H2,1-7H3,(H,35,36)/t18?,19?,20?,21?,23?,29-/m0/s1. The van der Waals surface area contributed by atoms with Gasteiger partial charge in [-0.3, -0.25) is 19.2 Å². The Morgan fingerprint density at radius 2 is 1.23 bits per heavy atom. The molecule has 0 radical (unpaired) electrons. The highest BCUT2D eigenvalue weighted by molar-refractivity contribution is 5.77. The molecule has 5 unspecified atom stereocenters. The average Bonchev–Trinajstić information content (AvgIpc) is 2.87. The third-order valence-corrected chi connectivity index (χ3v) is 7.12. The SMILES string of the molecule is CCC(C)CC(=O)Oc1ccc(C(CC(C)OC(=O)CC(C)CC)[C@H](N)C(=O)O)cc1OC(=O)CC(C)CC. The van der Waals surface area contributed by atoms with Crippen molar-refractivity contribution < 1.29 is 38.5 Å². The summed E-state index contributed by atoms with van der Waals surface area (Å²) in [6.45, 7) is 13.4. The van der Waals surface area contributed by atoms with Crippen LogP contribution in [-0.4, -0.2) is 41.1 Å². The predicted octanol–water partition coefficient (Wildman–Crippen LogP) is 5.62. The summed E-state index contributed by atoms with van der Waals surface area (Å²) >= 11 is 0. The monoisotopic (exact) mass is 549 g/mol. The van der Waals surface area contributed by atoms with Crippen LogP contribution in [0.3, 0.4) is 0 Å². The van der Waals surface area contributed by atoms with Gasteiger partial charge in [0, 0.05) is 25.2 Å². The third kappa shape index (κ3) is 12.2. The van der Waals surface area contributed by atoms with Gasteiger partial charge in [0.15, 0.2) is 11.5 Å². The van der Waals surface area contributed by atoms with E-state index in [1.165, 1.54) is 12.1 Å². The largest absolute Gasteiger partial charge is 0.480 e. The number of carbonyl (C=O) groups excluding carboxylic acids is 3. The number of nitrogens with two attached hydrogens (primary N) is 1. The molecule has 220 valence electrons. The molecule has 39 heavy (non-hydrogen) atoms. The Bertz CT molecular complexity index is 962. The zero-order valence-corrected chi connectivity index (χ0v) is 24.5. The van der Waals surface area contributed by atoms with E-state index in [9.17, 15) is 24.3 Å². The maximum Gasteiger partial charge on any atom is 0.321 e. The molecule has 1 rings (SSSR count). The molecular weight excluding hydrogens is 502 g/mol. The van der Waals surface area contributed by atoms with Crippen molar-refractivity contribution in [1.29, 1.82) is 0 Å². The lowest BCUT2D eigenvalue weighted by Crippen LogP contribution is -2.38. The smallest absolute Gasteiger partial charge is 0.321 e. The lowest BCUT2D eigenvalue weighted by molar-refractivity contribution is -0.150. The molecule has 0 saturated heterocycles. The minimum atomic E-state index is -1.32. The Morgan fingerprint density at radius 3 is 1.69 bits per heavy atom. The molecule has 1 aromatic rings. The van der Waals surface area contributed by atoms with Crippen molar-refractivity contribution in [3.63, 3.8) is 0 Å². The molecule has 0 aliphatic carbocycles. The highest BCUT2D eigenvalue weighted by Crippen LogP contribution is 2.35. The van der Waals surface area contributed by atoms with Crippen molar-refractivity contribution in [2.75, 3.05) is 0 Å². The van der Waals surface area contributed by atoms with Crippen LogP contribution in [-0.2, 0) is 23.9 Å². The van der Waals surface area contributed by atoms with E-state index in [-0.39, 0.29) is 60.9 Å². The van der Waals surface area contributed by atoms with Crippen molar-refractivity contribution in [2.45, 2.75) is 111 Å².